The third-order valence-corrected chi connectivity index (χ3v) is 4.59. The molecular weight excluding hydrogens is 388 g/mol. The molecule has 29 heavy (non-hydrogen) atoms. The first-order chi connectivity index (χ1) is 14.1. The van der Waals surface area contributed by atoms with Crippen LogP contribution in [-0.2, 0) is 0 Å². The molecule has 0 atom stereocenters. The molecule has 0 aliphatic rings. The molecule has 4 rings (SSSR count). The van der Waals surface area contributed by atoms with Gasteiger partial charge in [-0.3, -0.25) is 9.78 Å². The Morgan fingerprint density at radius 3 is 2.59 bits per heavy atom. The standard InChI is InChI=1S/C20H16N6O2S/c21-19(27)17-9-15(5-7-23-17)28-14-3-1-13(2-4-14)24-18-10-16(25-20(22)26-18)12-6-8-29-11-12/h1-11H,(H2,21,27)(H3,22,24,25,26). The van der Waals surface area contributed by atoms with Crippen LogP contribution in [0.4, 0.5) is 17.5 Å². The second kappa shape index (κ2) is 7.95. The molecule has 144 valence electrons. The van der Waals surface area contributed by atoms with Gasteiger partial charge in [0.15, 0.2) is 0 Å². The molecule has 9 heteroatoms. The smallest absolute Gasteiger partial charge is 0.267 e. The Morgan fingerprint density at radius 1 is 1.03 bits per heavy atom. The van der Waals surface area contributed by atoms with Crippen LogP contribution in [0.25, 0.3) is 11.3 Å². The van der Waals surface area contributed by atoms with Crippen LogP contribution in [0.3, 0.4) is 0 Å². The Hall–Kier alpha value is -3.98. The van der Waals surface area contributed by atoms with E-state index in [-0.39, 0.29) is 11.6 Å². The van der Waals surface area contributed by atoms with Crippen LogP contribution in [0.5, 0.6) is 11.5 Å². The van der Waals surface area contributed by atoms with Crippen LogP contribution < -0.4 is 21.5 Å². The van der Waals surface area contributed by atoms with Crippen molar-refractivity contribution >= 4 is 34.7 Å². The van der Waals surface area contributed by atoms with Crippen LogP contribution >= 0.6 is 11.3 Å². The third-order valence-electron chi connectivity index (χ3n) is 3.91. The topological polar surface area (TPSA) is 129 Å². The number of nitrogens with two attached hydrogens (primary N) is 2. The van der Waals surface area contributed by atoms with E-state index in [1.54, 1.807) is 29.5 Å². The maximum absolute atomic E-state index is 11.2. The van der Waals surface area contributed by atoms with E-state index in [1.807, 2.05) is 35.0 Å². The largest absolute Gasteiger partial charge is 0.457 e. The first-order valence-electron chi connectivity index (χ1n) is 8.55. The van der Waals surface area contributed by atoms with E-state index in [9.17, 15) is 4.79 Å². The van der Waals surface area contributed by atoms with Crippen molar-refractivity contribution in [3.05, 3.63) is 71.2 Å². The average Bonchev–Trinajstić information content (AvgIpc) is 3.24. The SMILES string of the molecule is NC(=O)c1cc(Oc2ccc(Nc3cc(-c4ccsc4)nc(N)n3)cc2)ccn1. The summed E-state index contributed by atoms with van der Waals surface area (Å²) in [5, 5.41) is 7.19. The molecule has 3 heterocycles. The zero-order valence-corrected chi connectivity index (χ0v) is 15.9. The number of carbonyl (C=O) groups is 1. The number of pyridine rings is 1. The lowest BCUT2D eigenvalue weighted by molar-refractivity contribution is 0.0995. The predicted molar refractivity (Wildman–Crippen MR) is 112 cm³/mol. The van der Waals surface area contributed by atoms with E-state index >= 15 is 0 Å². The number of hydrogen-bond donors (Lipinski definition) is 3. The van der Waals surface area contributed by atoms with Gasteiger partial charge in [0, 0.05) is 35.0 Å². The van der Waals surface area contributed by atoms with Gasteiger partial charge in [-0.1, -0.05) is 0 Å². The maximum Gasteiger partial charge on any atom is 0.267 e. The van der Waals surface area contributed by atoms with Gasteiger partial charge < -0.3 is 21.5 Å². The number of rotatable bonds is 6. The summed E-state index contributed by atoms with van der Waals surface area (Å²) >= 11 is 1.59. The second-order valence-electron chi connectivity index (χ2n) is 6.00. The summed E-state index contributed by atoms with van der Waals surface area (Å²) in [5.74, 6) is 1.24. The molecule has 0 aliphatic carbocycles. The van der Waals surface area contributed by atoms with Gasteiger partial charge in [0.1, 0.15) is 23.0 Å². The van der Waals surface area contributed by atoms with Crippen molar-refractivity contribution in [3.63, 3.8) is 0 Å². The van der Waals surface area contributed by atoms with Crippen molar-refractivity contribution < 1.29 is 9.53 Å². The molecule has 0 radical (unpaired) electrons. The molecule has 8 nitrogen and oxygen atoms in total. The van der Waals surface area contributed by atoms with E-state index in [4.69, 9.17) is 16.2 Å². The molecule has 5 N–H and O–H groups in total. The molecule has 0 spiro atoms. The molecule has 0 bridgehead atoms. The summed E-state index contributed by atoms with van der Waals surface area (Å²) in [6.45, 7) is 0. The van der Waals surface area contributed by atoms with E-state index < -0.39 is 5.91 Å². The highest BCUT2D eigenvalue weighted by Gasteiger charge is 2.07. The summed E-state index contributed by atoms with van der Waals surface area (Å²) in [5.41, 5.74) is 13.8. The molecule has 0 saturated carbocycles. The molecule has 1 aromatic carbocycles. The number of thiophene rings is 1. The van der Waals surface area contributed by atoms with E-state index in [2.05, 4.69) is 20.3 Å². The quantitative estimate of drug-likeness (QED) is 0.445. The number of amides is 1. The molecule has 0 saturated heterocycles. The minimum atomic E-state index is -0.610. The first kappa shape index (κ1) is 18.4. The number of hydrogen-bond acceptors (Lipinski definition) is 8. The number of ether oxygens (including phenoxy) is 1. The maximum atomic E-state index is 11.2. The van der Waals surface area contributed by atoms with E-state index in [0.717, 1.165) is 16.9 Å². The molecule has 1 amide bonds. The fourth-order valence-corrected chi connectivity index (χ4v) is 3.24. The highest BCUT2D eigenvalue weighted by Crippen LogP contribution is 2.27. The van der Waals surface area contributed by atoms with Crippen molar-refractivity contribution in [3.8, 4) is 22.8 Å². The second-order valence-corrected chi connectivity index (χ2v) is 6.78. The summed E-state index contributed by atoms with van der Waals surface area (Å²) in [6, 6.07) is 14.2. The van der Waals surface area contributed by atoms with Gasteiger partial charge in [0.2, 0.25) is 5.95 Å². The highest BCUT2D eigenvalue weighted by molar-refractivity contribution is 7.08. The average molecular weight is 404 g/mol. The Kier molecular flexibility index (Phi) is 5.04. The summed E-state index contributed by atoms with van der Waals surface area (Å²) in [6.07, 6.45) is 1.47. The normalized spacial score (nSPS) is 10.5. The fraction of sp³-hybridized carbons (Fsp3) is 0. The minimum absolute atomic E-state index is 0.142. The minimum Gasteiger partial charge on any atom is -0.457 e. The van der Waals surface area contributed by atoms with Gasteiger partial charge in [0.05, 0.1) is 5.69 Å². The van der Waals surface area contributed by atoms with Crippen LogP contribution in [0.1, 0.15) is 10.5 Å². The lowest BCUT2D eigenvalue weighted by Crippen LogP contribution is -2.12. The summed E-state index contributed by atoms with van der Waals surface area (Å²) in [7, 11) is 0. The van der Waals surface area contributed by atoms with Crippen LogP contribution in [0, 0.1) is 0 Å². The molecule has 3 aromatic heterocycles. The van der Waals surface area contributed by atoms with Gasteiger partial charge in [-0.2, -0.15) is 16.3 Å². The van der Waals surface area contributed by atoms with Crippen molar-refractivity contribution in [2.75, 3.05) is 11.1 Å². The van der Waals surface area contributed by atoms with Crippen molar-refractivity contribution in [1.82, 2.24) is 15.0 Å². The van der Waals surface area contributed by atoms with Crippen LogP contribution in [0.15, 0.2) is 65.5 Å². The summed E-state index contributed by atoms with van der Waals surface area (Å²) in [4.78, 5) is 23.6. The monoisotopic (exact) mass is 404 g/mol. The number of carbonyl (C=O) groups excluding carboxylic acids is 1. The third kappa shape index (κ3) is 4.47. The number of nitrogens with zero attached hydrogens (tertiary/aromatic N) is 3. The fourth-order valence-electron chi connectivity index (χ4n) is 2.59. The van der Waals surface area contributed by atoms with Gasteiger partial charge >= 0.3 is 0 Å². The lowest BCUT2D eigenvalue weighted by atomic mass is 10.2. The Labute approximate surface area is 170 Å². The number of nitrogens with one attached hydrogen (secondary N) is 1. The molecule has 4 aromatic rings. The van der Waals surface area contributed by atoms with Crippen LogP contribution in [0.2, 0.25) is 0 Å². The lowest BCUT2D eigenvalue weighted by Gasteiger charge is -2.10. The number of aromatic nitrogens is 3. The predicted octanol–water partition coefficient (Wildman–Crippen LogP) is 3.82. The van der Waals surface area contributed by atoms with Gasteiger partial charge in [-0.15, -0.1) is 0 Å². The van der Waals surface area contributed by atoms with Crippen molar-refractivity contribution in [2.45, 2.75) is 0 Å². The zero-order valence-electron chi connectivity index (χ0n) is 15.1. The number of primary amides is 1. The van der Waals surface area contributed by atoms with Gasteiger partial charge in [-0.05, 0) is 41.8 Å². The number of anilines is 3. The highest BCUT2D eigenvalue weighted by atomic mass is 32.1. The van der Waals surface area contributed by atoms with Crippen molar-refractivity contribution in [1.29, 1.82) is 0 Å². The van der Waals surface area contributed by atoms with E-state index in [1.165, 1.54) is 12.3 Å². The van der Waals surface area contributed by atoms with Crippen LogP contribution in [-0.4, -0.2) is 20.9 Å². The van der Waals surface area contributed by atoms with Gasteiger partial charge in [0.25, 0.3) is 5.91 Å². The Bertz CT molecular complexity index is 1150. The molecule has 0 fully saturated rings. The molecule has 0 aliphatic heterocycles. The first-order valence-corrected chi connectivity index (χ1v) is 9.49. The zero-order chi connectivity index (χ0) is 20.2. The van der Waals surface area contributed by atoms with Gasteiger partial charge in [-0.25, -0.2) is 4.98 Å². The summed E-state index contributed by atoms with van der Waals surface area (Å²) < 4.78 is 5.74. The number of benzene rings is 1. The molecular formula is C20H16N6O2S. The van der Waals surface area contributed by atoms with Crippen molar-refractivity contribution in [2.24, 2.45) is 5.73 Å². The molecule has 0 unspecified atom stereocenters. The Balaban J connectivity index is 1.49. The Morgan fingerprint density at radius 2 is 1.86 bits per heavy atom. The number of nitrogen functional groups attached to an aromatic ring is 1. The van der Waals surface area contributed by atoms with E-state index in [0.29, 0.717) is 17.3 Å².